The van der Waals surface area contributed by atoms with E-state index < -0.39 is 30.6 Å². The lowest BCUT2D eigenvalue weighted by Gasteiger charge is -2.41. The quantitative estimate of drug-likeness (QED) is 0.764. The largest absolute Gasteiger partial charge is 0.414 e. The summed E-state index contributed by atoms with van der Waals surface area (Å²) in [5.74, 6) is 0. The summed E-state index contributed by atoms with van der Waals surface area (Å²) in [5.41, 5.74) is 0. The van der Waals surface area contributed by atoms with Gasteiger partial charge in [-0.2, -0.15) is 13.2 Å². The Balaban J connectivity index is 2.39. The second-order valence-electron chi connectivity index (χ2n) is 3.36. The molecule has 0 aromatic rings. The molecule has 0 spiro atoms. The second-order valence-corrected chi connectivity index (χ2v) is 3.36. The zero-order valence-electron chi connectivity index (χ0n) is 7.91. The smallest absolute Gasteiger partial charge is 0.390 e. The van der Waals surface area contributed by atoms with Crippen molar-refractivity contribution in [3.8, 4) is 0 Å². The summed E-state index contributed by atoms with van der Waals surface area (Å²) in [7, 11) is 1.33. The third kappa shape index (κ3) is 2.37. The number of rotatable bonds is 3. The average molecular weight is 214 g/mol. The van der Waals surface area contributed by atoms with Crippen molar-refractivity contribution in [3.63, 3.8) is 0 Å². The Labute approximate surface area is 79.8 Å². The summed E-state index contributed by atoms with van der Waals surface area (Å²) in [4.78, 5) is 0. The number of halogens is 3. The molecule has 0 bridgehead atoms. The Bertz CT molecular complexity index is 195. The Kier molecular flexibility index (Phi) is 3.39. The predicted octanol–water partition coefficient (Wildman–Crippen LogP) is 1.10. The van der Waals surface area contributed by atoms with Gasteiger partial charge in [0.2, 0.25) is 0 Å². The summed E-state index contributed by atoms with van der Waals surface area (Å²) >= 11 is 0. The number of methoxy groups -OCH3 is 1. The summed E-state index contributed by atoms with van der Waals surface area (Å²) in [6.45, 7) is 0.942. The van der Waals surface area contributed by atoms with Gasteiger partial charge in [0, 0.05) is 13.5 Å². The molecule has 0 heterocycles. The first-order valence-corrected chi connectivity index (χ1v) is 4.29. The highest BCUT2D eigenvalue weighted by Gasteiger charge is 2.46. The molecule has 0 aromatic carbocycles. The van der Waals surface area contributed by atoms with Gasteiger partial charge in [0.05, 0.1) is 12.2 Å². The normalized spacial score (nSPS) is 35.1. The zero-order valence-corrected chi connectivity index (χ0v) is 7.91. The molecule has 1 N–H and O–H groups in total. The average Bonchev–Trinajstić information content (AvgIpc) is 2.02. The highest BCUT2D eigenvalue weighted by molar-refractivity contribution is 4.92. The van der Waals surface area contributed by atoms with Crippen LogP contribution in [0.25, 0.3) is 0 Å². The SMILES string of the molecule is COC1C(O)CC1OC(C)C(F)(F)F. The van der Waals surface area contributed by atoms with Crippen molar-refractivity contribution in [1.82, 2.24) is 0 Å². The van der Waals surface area contributed by atoms with E-state index in [1.54, 1.807) is 0 Å². The van der Waals surface area contributed by atoms with E-state index in [1.165, 1.54) is 7.11 Å². The van der Waals surface area contributed by atoms with E-state index in [-0.39, 0.29) is 6.42 Å². The standard InChI is InChI=1S/C8H13F3O3/c1-4(8(9,10)11)14-6-3-5(12)7(6)13-2/h4-7,12H,3H2,1-2H3. The molecule has 1 fully saturated rings. The van der Waals surface area contributed by atoms with Gasteiger partial charge in [0.15, 0.2) is 6.10 Å². The molecule has 0 aliphatic heterocycles. The molecule has 0 amide bonds. The molecule has 1 rings (SSSR count). The van der Waals surface area contributed by atoms with Gasteiger partial charge in [-0.25, -0.2) is 0 Å². The van der Waals surface area contributed by atoms with E-state index in [2.05, 4.69) is 0 Å². The zero-order chi connectivity index (χ0) is 10.9. The number of hydrogen-bond acceptors (Lipinski definition) is 3. The maximum Gasteiger partial charge on any atom is 0.414 e. The summed E-state index contributed by atoms with van der Waals surface area (Å²) in [6, 6.07) is 0. The Morgan fingerprint density at radius 1 is 1.43 bits per heavy atom. The molecule has 0 aromatic heterocycles. The fourth-order valence-electron chi connectivity index (χ4n) is 1.34. The van der Waals surface area contributed by atoms with Crippen molar-refractivity contribution >= 4 is 0 Å². The van der Waals surface area contributed by atoms with Crippen LogP contribution in [0.15, 0.2) is 0 Å². The summed E-state index contributed by atoms with van der Waals surface area (Å²) < 4.78 is 45.7. The van der Waals surface area contributed by atoms with Gasteiger partial charge < -0.3 is 14.6 Å². The topological polar surface area (TPSA) is 38.7 Å². The van der Waals surface area contributed by atoms with E-state index in [0.717, 1.165) is 6.92 Å². The molecule has 1 aliphatic rings. The fourth-order valence-corrected chi connectivity index (χ4v) is 1.34. The van der Waals surface area contributed by atoms with Crippen LogP contribution in [-0.4, -0.2) is 42.8 Å². The van der Waals surface area contributed by atoms with Crippen molar-refractivity contribution < 1.29 is 27.8 Å². The van der Waals surface area contributed by atoms with Gasteiger partial charge in [0.1, 0.15) is 6.10 Å². The molecule has 84 valence electrons. The van der Waals surface area contributed by atoms with Crippen molar-refractivity contribution in [2.45, 2.75) is 43.9 Å². The Morgan fingerprint density at radius 3 is 2.36 bits per heavy atom. The van der Waals surface area contributed by atoms with E-state index in [0.29, 0.717) is 0 Å². The van der Waals surface area contributed by atoms with Crippen LogP contribution in [-0.2, 0) is 9.47 Å². The van der Waals surface area contributed by atoms with Crippen LogP contribution in [0.5, 0.6) is 0 Å². The minimum atomic E-state index is -4.36. The molecule has 3 nitrogen and oxygen atoms in total. The van der Waals surface area contributed by atoms with Gasteiger partial charge in [0.25, 0.3) is 0 Å². The van der Waals surface area contributed by atoms with Gasteiger partial charge >= 0.3 is 6.18 Å². The van der Waals surface area contributed by atoms with Gasteiger partial charge in [-0.3, -0.25) is 0 Å². The van der Waals surface area contributed by atoms with Crippen LogP contribution in [0.3, 0.4) is 0 Å². The molecule has 4 atom stereocenters. The van der Waals surface area contributed by atoms with Crippen LogP contribution >= 0.6 is 0 Å². The lowest BCUT2D eigenvalue weighted by Crippen LogP contribution is -2.55. The van der Waals surface area contributed by atoms with Crippen molar-refractivity contribution in [3.05, 3.63) is 0 Å². The predicted molar refractivity (Wildman–Crippen MR) is 41.8 cm³/mol. The van der Waals surface area contributed by atoms with Crippen LogP contribution in [0.1, 0.15) is 13.3 Å². The van der Waals surface area contributed by atoms with E-state index in [4.69, 9.17) is 14.6 Å². The summed E-state index contributed by atoms with van der Waals surface area (Å²) in [6.07, 6.45) is -8.01. The molecule has 1 saturated carbocycles. The molecule has 14 heavy (non-hydrogen) atoms. The second kappa shape index (κ2) is 4.04. The molecular weight excluding hydrogens is 201 g/mol. The first kappa shape index (κ1) is 11.7. The number of alkyl halides is 3. The van der Waals surface area contributed by atoms with Crippen molar-refractivity contribution in [2.24, 2.45) is 0 Å². The third-order valence-corrected chi connectivity index (χ3v) is 2.33. The van der Waals surface area contributed by atoms with Crippen molar-refractivity contribution in [2.75, 3.05) is 7.11 Å². The number of aliphatic hydroxyl groups is 1. The van der Waals surface area contributed by atoms with Crippen LogP contribution in [0.4, 0.5) is 13.2 Å². The van der Waals surface area contributed by atoms with Crippen molar-refractivity contribution in [1.29, 1.82) is 0 Å². The lowest BCUT2D eigenvalue weighted by atomic mass is 9.88. The molecule has 6 heteroatoms. The monoisotopic (exact) mass is 214 g/mol. The molecule has 4 unspecified atom stereocenters. The highest BCUT2D eigenvalue weighted by Crippen LogP contribution is 2.31. The van der Waals surface area contributed by atoms with Gasteiger partial charge in [-0.05, 0) is 6.92 Å². The molecule has 0 radical (unpaired) electrons. The Morgan fingerprint density at radius 2 is 2.00 bits per heavy atom. The van der Waals surface area contributed by atoms with Crippen LogP contribution in [0, 0.1) is 0 Å². The van der Waals surface area contributed by atoms with E-state index in [9.17, 15) is 13.2 Å². The number of aliphatic hydroxyl groups excluding tert-OH is 1. The first-order chi connectivity index (χ1) is 6.36. The maximum absolute atomic E-state index is 12.1. The first-order valence-electron chi connectivity index (χ1n) is 4.29. The lowest BCUT2D eigenvalue weighted by molar-refractivity contribution is -0.267. The van der Waals surface area contributed by atoms with Crippen LogP contribution < -0.4 is 0 Å². The third-order valence-electron chi connectivity index (χ3n) is 2.33. The van der Waals surface area contributed by atoms with E-state index >= 15 is 0 Å². The van der Waals surface area contributed by atoms with Gasteiger partial charge in [-0.15, -0.1) is 0 Å². The summed E-state index contributed by atoms with van der Waals surface area (Å²) in [5, 5.41) is 9.11. The number of hydrogen-bond donors (Lipinski definition) is 1. The molecule has 1 aliphatic carbocycles. The minimum Gasteiger partial charge on any atom is -0.390 e. The molecule has 0 saturated heterocycles. The highest BCUT2D eigenvalue weighted by atomic mass is 19.4. The maximum atomic E-state index is 12.1. The van der Waals surface area contributed by atoms with Crippen LogP contribution in [0.2, 0.25) is 0 Å². The fraction of sp³-hybridized carbons (Fsp3) is 1.00. The molecular formula is C8H13F3O3. The Hall–Kier alpha value is -0.330. The minimum absolute atomic E-state index is 0.193. The van der Waals surface area contributed by atoms with E-state index in [1.807, 2.05) is 0 Å². The number of ether oxygens (including phenoxy) is 2. The van der Waals surface area contributed by atoms with Gasteiger partial charge in [-0.1, -0.05) is 0 Å².